The Morgan fingerprint density at radius 1 is 1.07 bits per heavy atom. The third-order valence-corrected chi connectivity index (χ3v) is 6.16. The summed E-state index contributed by atoms with van der Waals surface area (Å²) >= 11 is 0. The van der Waals surface area contributed by atoms with Crippen LogP contribution >= 0.6 is 0 Å². The molecular weight excluding hydrogens is 364 g/mol. The van der Waals surface area contributed by atoms with E-state index >= 15 is 0 Å². The molecule has 2 aliphatic carbocycles. The van der Waals surface area contributed by atoms with Gasteiger partial charge in [0.25, 0.3) is 5.91 Å². The lowest BCUT2D eigenvalue weighted by atomic mass is 10.1. The Hall–Kier alpha value is -3.15. The topological polar surface area (TPSA) is 66.7 Å². The highest BCUT2D eigenvalue weighted by Crippen LogP contribution is 2.40. The van der Waals surface area contributed by atoms with Gasteiger partial charge < -0.3 is 14.6 Å². The zero-order valence-corrected chi connectivity index (χ0v) is 16.1. The zero-order valence-electron chi connectivity index (χ0n) is 16.1. The molecule has 0 spiro atoms. The number of anilines is 2. The number of hydrogen-bond acceptors (Lipinski definition) is 3. The highest BCUT2D eigenvalue weighted by atomic mass is 16.2. The first-order chi connectivity index (χ1) is 14.2. The SMILES string of the molecule is O=C(Nc1ccc2c(c1)CCN2C(=O)C1CC1)c1nc(C2CC2)n2ccccc12. The number of hydrogen-bond donors (Lipinski definition) is 1. The summed E-state index contributed by atoms with van der Waals surface area (Å²) in [5.41, 5.74) is 4.17. The molecule has 0 atom stereocenters. The molecule has 6 heteroatoms. The number of nitrogens with zero attached hydrogens (tertiary/aromatic N) is 3. The summed E-state index contributed by atoms with van der Waals surface area (Å²) in [6, 6.07) is 11.7. The van der Waals surface area contributed by atoms with E-state index in [1.807, 2.05) is 51.9 Å². The number of carbonyl (C=O) groups excluding carboxylic acids is 2. The first kappa shape index (κ1) is 16.8. The highest BCUT2D eigenvalue weighted by Gasteiger charge is 2.36. The normalized spacial score (nSPS) is 18.1. The van der Waals surface area contributed by atoms with Gasteiger partial charge in [-0.1, -0.05) is 6.07 Å². The maximum absolute atomic E-state index is 13.0. The summed E-state index contributed by atoms with van der Waals surface area (Å²) < 4.78 is 2.04. The van der Waals surface area contributed by atoms with E-state index in [1.165, 1.54) is 0 Å². The van der Waals surface area contributed by atoms with Crippen molar-refractivity contribution in [1.29, 1.82) is 0 Å². The molecule has 1 aliphatic heterocycles. The average molecular weight is 386 g/mol. The van der Waals surface area contributed by atoms with Crippen LogP contribution in [0.2, 0.25) is 0 Å². The number of fused-ring (bicyclic) bond motifs is 2. The van der Waals surface area contributed by atoms with Gasteiger partial charge in [-0.25, -0.2) is 4.98 Å². The summed E-state index contributed by atoms with van der Waals surface area (Å²) in [4.78, 5) is 32.0. The number of pyridine rings is 1. The minimum absolute atomic E-state index is 0.190. The van der Waals surface area contributed by atoms with Crippen LogP contribution in [-0.2, 0) is 11.2 Å². The van der Waals surface area contributed by atoms with Crippen molar-refractivity contribution >= 4 is 28.7 Å². The lowest BCUT2D eigenvalue weighted by Crippen LogP contribution is -2.30. The molecule has 6 nitrogen and oxygen atoms in total. The van der Waals surface area contributed by atoms with Crippen LogP contribution < -0.4 is 10.2 Å². The predicted octanol–water partition coefficient (Wildman–Crippen LogP) is 3.76. The van der Waals surface area contributed by atoms with Crippen molar-refractivity contribution in [1.82, 2.24) is 9.38 Å². The summed E-state index contributed by atoms with van der Waals surface area (Å²) in [5.74, 6) is 1.72. The van der Waals surface area contributed by atoms with Gasteiger partial charge in [-0.15, -0.1) is 0 Å². The van der Waals surface area contributed by atoms with Crippen molar-refractivity contribution in [3.05, 3.63) is 59.7 Å². The molecule has 1 aromatic carbocycles. The van der Waals surface area contributed by atoms with Crippen LogP contribution in [0.1, 0.15) is 53.5 Å². The first-order valence-corrected chi connectivity index (χ1v) is 10.4. The van der Waals surface area contributed by atoms with E-state index in [9.17, 15) is 9.59 Å². The van der Waals surface area contributed by atoms with Crippen molar-refractivity contribution < 1.29 is 9.59 Å². The fourth-order valence-electron chi connectivity index (χ4n) is 4.31. The van der Waals surface area contributed by atoms with Crippen LogP contribution in [0.5, 0.6) is 0 Å². The molecule has 2 amide bonds. The number of nitrogens with one attached hydrogen (secondary N) is 1. The van der Waals surface area contributed by atoms with E-state index in [0.717, 1.165) is 66.9 Å². The standard InChI is InChI=1S/C23H22N4O2/c28-22(20-19-3-1-2-11-26(19)21(25-20)14-4-5-14)24-17-8-9-18-16(13-17)10-12-27(18)23(29)15-6-7-15/h1-3,8-9,11,13-15H,4-7,10,12H2,(H,24,28). The maximum Gasteiger partial charge on any atom is 0.276 e. The van der Waals surface area contributed by atoms with E-state index < -0.39 is 0 Å². The van der Waals surface area contributed by atoms with Gasteiger partial charge in [0, 0.05) is 36.0 Å². The van der Waals surface area contributed by atoms with E-state index in [-0.39, 0.29) is 17.7 Å². The van der Waals surface area contributed by atoms with Crippen LogP contribution in [0.4, 0.5) is 11.4 Å². The molecule has 0 bridgehead atoms. The second kappa shape index (κ2) is 6.17. The molecule has 0 radical (unpaired) electrons. The molecule has 0 saturated heterocycles. The molecule has 1 N–H and O–H groups in total. The lowest BCUT2D eigenvalue weighted by Gasteiger charge is -2.17. The van der Waals surface area contributed by atoms with E-state index in [0.29, 0.717) is 11.6 Å². The molecule has 6 rings (SSSR count). The Labute approximate surface area is 168 Å². The van der Waals surface area contributed by atoms with E-state index in [1.54, 1.807) is 0 Å². The molecule has 146 valence electrons. The quantitative estimate of drug-likeness (QED) is 0.742. The smallest absolute Gasteiger partial charge is 0.276 e. The monoisotopic (exact) mass is 386 g/mol. The second-order valence-corrected chi connectivity index (χ2v) is 8.36. The van der Waals surface area contributed by atoms with E-state index in [2.05, 4.69) is 10.3 Å². The van der Waals surface area contributed by atoms with Crippen LogP contribution in [0.3, 0.4) is 0 Å². The molecule has 0 unspecified atom stereocenters. The molecular formula is C23H22N4O2. The van der Waals surface area contributed by atoms with Crippen LogP contribution in [-0.4, -0.2) is 27.7 Å². The van der Waals surface area contributed by atoms with Crippen molar-refractivity contribution in [3.63, 3.8) is 0 Å². The van der Waals surface area contributed by atoms with Gasteiger partial charge in [0.15, 0.2) is 5.69 Å². The van der Waals surface area contributed by atoms with Gasteiger partial charge >= 0.3 is 0 Å². The summed E-state index contributed by atoms with van der Waals surface area (Å²) in [6.45, 7) is 0.735. The fraction of sp³-hybridized carbons (Fsp3) is 0.348. The van der Waals surface area contributed by atoms with Crippen molar-refractivity contribution in [2.45, 2.75) is 38.0 Å². The van der Waals surface area contributed by atoms with Crippen molar-refractivity contribution in [2.24, 2.45) is 5.92 Å². The average Bonchev–Trinajstić information content (AvgIpc) is 3.67. The van der Waals surface area contributed by atoms with Crippen molar-refractivity contribution in [2.75, 3.05) is 16.8 Å². The minimum Gasteiger partial charge on any atom is -0.321 e. The van der Waals surface area contributed by atoms with Crippen LogP contribution in [0.15, 0.2) is 42.6 Å². The summed E-state index contributed by atoms with van der Waals surface area (Å²) in [7, 11) is 0. The van der Waals surface area contributed by atoms with Crippen molar-refractivity contribution in [3.8, 4) is 0 Å². The Kier molecular flexibility index (Phi) is 3.57. The zero-order chi connectivity index (χ0) is 19.5. The molecule has 29 heavy (non-hydrogen) atoms. The Morgan fingerprint density at radius 2 is 1.93 bits per heavy atom. The highest BCUT2D eigenvalue weighted by molar-refractivity contribution is 6.08. The molecule has 2 aromatic heterocycles. The second-order valence-electron chi connectivity index (χ2n) is 8.36. The number of benzene rings is 1. The van der Waals surface area contributed by atoms with Gasteiger partial charge in [-0.3, -0.25) is 9.59 Å². The van der Waals surface area contributed by atoms with Gasteiger partial charge in [-0.05, 0) is 68.0 Å². The van der Waals surface area contributed by atoms with E-state index in [4.69, 9.17) is 0 Å². The molecule has 2 saturated carbocycles. The van der Waals surface area contributed by atoms with Gasteiger partial charge in [0.05, 0.1) is 5.52 Å². The number of imidazole rings is 1. The van der Waals surface area contributed by atoms with Gasteiger partial charge in [-0.2, -0.15) is 0 Å². The molecule has 3 aliphatic rings. The predicted molar refractivity (Wildman–Crippen MR) is 110 cm³/mol. The number of carbonyl (C=O) groups is 2. The van der Waals surface area contributed by atoms with Crippen LogP contribution in [0, 0.1) is 5.92 Å². The Morgan fingerprint density at radius 3 is 2.72 bits per heavy atom. The fourth-order valence-corrected chi connectivity index (χ4v) is 4.31. The Bertz CT molecular complexity index is 1160. The molecule has 3 aromatic rings. The number of amides is 2. The third kappa shape index (κ3) is 2.82. The number of aromatic nitrogens is 2. The minimum atomic E-state index is -0.190. The third-order valence-electron chi connectivity index (χ3n) is 6.16. The van der Waals surface area contributed by atoms with Gasteiger partial charge in [0.2, 0.25) is 5.91 Å². The lowest BCUT2D eigenvalue weighted by molar-refractivity contribution is -0.119. The number of rotatable bonds is 4. The van der Waals surface area contributed by atoms with Gasteiger partial charge in [0.1, 0.15) is 5.82 Å². The molecule has 2 fully saturated rings. The summed E-state index contributed by atoms with van der Waals surface area (Å²) in [6.07, 6.45) is 7.11. The summed E-state index contributed by atoms with van der Waals surface area (Å²) in [5, 5.41) is 3.01. The van der Waals surface area contributed by atoms with Crippen LogP contribution in [0.25, 0.3) is 5.52 Å². The maximum atomic E-state index is 13.0. The Balaban J connectivity index is 1.27. The largest absolute Gasteiger partial charge is 0.321 e. The first-order valence-electron chi connectivity index (χ1n) is 10.4. The molecule has 3 heterocycles.